The zero-order chi connectivity index (χ0) is 15.4. The summed E-state index contributed by atoms with van der Waals surface area (Å²) in [5, 5.41) is 1.00. The monoisotopic (exact) mass is 287 g/mol. The molecule has 2 rings (SSSR count). The SMILES string of the molecule is CCN(CC)c1ccc2c(CC=[N+](C)C)cc(=O)oc2c1. The maximum atomic E-state index is 11.8. The van der Waals surface area contributed by atoms with Gasteiger partial charge < -0.3 is 9.32 Å². The molecule has 21 heavy (non-hydrogen) atoms. The number of anilines is 1. The van der Waals surface area contributed by atoms with Crippen molar-refractivity contribution in [3.63, 3.8) is 0 Å². The Bertz CT molecular complexity index is 708. The Morgan fingerprint density at radius 3 is 2.52 bits per heavy atom. The van der Waals surface area contributed by atoms with Gasteiger partial charge in [-0.15, -0.1) is 0 Å². The highest BCUT2D eigenvalue weighted by molar-refractivity contribution is 5.85. The third-order valence-electron chi connectivity index (χ3n) is 3.62. The first-order valence-corrected chi connectivity index (χ1v) is 7.36. The third kappa shape index (κ3) is 3.51. The third-order valence-corrected chi connectivity index (χ3v) is 3.62. The molecule has 0 radical (unpaired) electrons. The number of hydrogen-bond donors (Lipinski definition) is 0. The molecule has 0 aliphatic heterocycles. The number of rotatable bonds is 5. The normalized spacial score (nSPS) is 10.7. The van der Waals surface area contributed by atoms with Crippen LogP contribution in [0.3, 0.4) is 0 Å². The maximum Gasteiger partial charge on any atom is 0.336 e. The van der Waals surface area contributed by atoms with E-state index in [1.165, 1.54) is 0 Å². The number of fused-ring (bicyclic) bond motifs is 1. The molecular weight excluding hydrogens is 264 g/mol. The van der Waals surface area contributed by atoms with Gasteiger partial charge in [0.1, 0.15) is 25.9 Å². The van der Waals surface area contributed by atoms with E-state index < -0.39 is 0 Å². The van der Waals surface area contributed by atoms with Crippen molar-refractivity contribution in [3.8, 4) is 0 Å². The lowest BCUT2D eigenvalue weighted by molar-refractivity contribution is -0.460. The topological polar surface area (TPSA) is 36.5 Å². The summed E-state index contributed by atoms with van der Waals surface area (Å²) in [5.74, 6) is 0. The van der Waals surface area contributed by atoms with Gasteiger partial charge in [-0.05, 0) is 31.5 Å². The van der Waals surface area contributed by atoms with Crippen molar-refractivity contribution in [3.05, 3.63) is 40.2 Å². The van der Waals surface area contributed by atoms with Crippen LogP contribution in [0, 0.1) is 0 Å². The Labute approximate surface area is 125 Å². The first-order chi connectivity index (χ1) is 10.0. The molecule has 0 amide bonds. The van der Waals surface area contributed by atoms with E-state index in [-0.39, 0.29) is 5.63 Å². The van der Waals surface area contributed by atoms with Crippen molar-refractivity contribution < 1.29 is 8.99 Å². The van der Waals surface area contributed by atoms with Crippen LogP contribution in [0.4, 0.5) is 5.69 Å². The van der Waals surface area contributed by atoms with Crippen molar-refractivity contribution >= 4 is 22.9 Å². The predicted octanol–water partition coefficient (Wildman–Crippen LogP) is 2.52. The second-order valence-electron chi connectivity index (χ2n) is 5.29. The van der Waals surface area contributed by atoms with Crippen molar-refractivity contribution in [2.24, 2.45) is 0 Å². The summed E-state index contributed by atoms with van der Waals surface area (Å²) in [5.41, 5.74) is 2.46. The Balaban J connectivity index is 2.53. The molecule has 0 unspecified atom stereocenters. The van der Waals surface area contributed by atoms with Crippen LogP contribution in [-0.4, -0.2) is 38.0 Å². The molecular formula is C17H23N2O2+. The van der Waals surface area contributed by atoms with Crippen molar-refractivity contribution in [1.82, 2.24) is 0 Å². The summed E-state index contributed by atoms with van der Waals surface area (Å²) in [7, 11) is 3.96. The molecule has 4 heteroatoms. The zero-order valence-electron chi connectivity index (χ0n) is 13.2. The van der Waals surface area contributed by atoms with E-state index in [0.29, 0.717) is 5.58 Å². The Hall–Kier alpha value is -2.10. The van der Waals surface area contributed by atoms with Crippen LogP contribution >= 0.6 is 0 Å². The fourth-order valence-corrected chi connectivity index (χ4v) is 2.45. The van der Waals surface area contributed by atoms with Gasteiger partial charge in [0.25, 0.3) is 0 Å². The second-order valence-corrected chi connectivity index (χ2v) is 5.29. The molecule has 1 aromatic heterocycles. The lowest BCUT2D eigenvalue weighted by Gasteiger charge is -2.21. The van der Waals surface area contributed by atoms with Crippen LogP contribution < -0.4 is 10.5 Å². The minimum Gasteiger partial charge on any atom is -0.423 e. The molecule has 0 bridgehead atoms. The van der Waals surface area contributed by atoms with Crippen molar-refractivity contribution in [1.29, 1.82) is 0 Å². The smallest absolute Gasteiger partial charge is 0.336 e. The van der Waals surface area contributed by atoms with E-state index in [9.17, 15) is 4.79 Å². The summed E-state index contributed by atoms with van der Waals surface area (Å²) in [4.78, 5) is 14.0. The van der Waals surface area contributed by atoms with Gasteiger partial charge in [-0.25, -0.2) is 9.37 Å². The molecule has 0 aliphatic carbocycles. The van der Waals surface area contributed by atoms with E-state index in [4.69, 9.17) is 4.42 Å². The van der Waals surface area contributed by atoms with Gasteiger partial charge >= 0.3 is 5.63 Å². The average Bonchev–Trinajstić information content (AvgIpc) is 2.45. The lowest BCUT2D eigenvalue weighted by Crippen LogP contribution is -2.21. The van der Waals surface area contributed by atoms with Gasteiger partial charge in [0, 0.05) is 36.3 Å². The fourth-order valence-electron chi connectivity index (χ4n) is 2.45. The highest BCUT2D eigenvalue weighted by Gasteiger charge is 2.09. The number of benzene rings is 1. The van der Waals surface area contributed by atoms with Crippen molar-refractivity contribution in [2.45, 2.75) is 20.3 Å². The zero-order valence-corrected chi connectivity index (χ0v) is 13.2. The quantitative estimate of drug-likeness (QED) is 0.482. The number of hydrogen-bond acceptors (Lipinski definition) is 3. The van der Waals surface area contributed by atoms with Gasteiger partial charge in [-0.1, -0.05) is 0 Å². The minimum atomic E-state index is -0.290. The fraction of sp³-hybridized carbons (Fsp3) is 0.412. The first kappa shape index (κ1) is 15.3. The number of nitrogens with zero attached hydrogens (tertiary/aromatic N) is 2. The predicted molar refractivity (Wildman–Crippen MR) is 87.9 cm³/mol. The Kier molecular flexibility index (Phi) is 4.78. The Morgan fingerprint density at radius 1 is 1.19 bits per heavy atom. The summed E-state index contributed by atoms with van der Waals surface area (Å²) in [6, 6.07) is 7.68. The van der Waals surface area contributed by atoms with E-state index in [0.717, 1.165) is 36.1 Å². The van der Waals surface area contributed by atoms with E-state index >= 15 is 0 Å². The molecule has 0 spiro atoms. The van der Waals surface area contributed by atoms with E-state index in [2.05, 4.69) is 24.8 Å². The molecule has 1 heterocycles. The van der Waals surface area contributed by atoms with E-state index in [1.54, 1.807) is 6.07 Å². The standard InChI is InChI=1S/C17H23N2O2/c1-5-19(6-2)14-7-8-15-13(9-10-18(3)4)11-17(20)21-16(15)12-14/h7-8,10-12H,5-6,9H2,1-4H3/q+1. The molecule has 2 aromatic rings. The van der Waals surface area contributed by atoms with Crippen LogP contribution in [-0.2, 0) is 6.42 Å². The van der Waals surface area contributed by atoms with Crippen LogP contribution in [0.1, 0.15) is 19.4 Å². The molecule has 4 nitrogen and oxygen atoms in total. The van der Waals surface area contributed by atoms with Gasteiger partial charge in [-0.3, -0.25) is 0 Å². The summed E-state index contributed by atoms with van der Waals surface area (Å²) < 4.78 is 7.37. The second kappa shape index (κ2) is 6.57. The van der Waals surface area contributed by atoms with E-state index in [1.807, 2.05) is 37.0 Å². The summed E-state index contributed by atoms with van der Waals surface area (Å²) >= 11 is 0. The molecule has 1 aromatic carbocycles. The largest absolute Gasteiger partial charge is 0.423 e. The van der Waals surface area contributed by atoms with Crippen LogP contribution in [0.2, 0.25) is 0 Å². The average molecular weight is 287 g/mol. The summed E-state index contributed by atoms with van der Waals surface area (Å²) in [6.45, 7) is 6.10. The minimum absolute atomic E-state index is 0.290. The van der Waals surface area contributed by atoms with Crippen LogP contribution in [0.5, 0.6) is 0 Å². The molecule has 112 valence electrons. The van der Waals surface area contributed by atoms with Gasteiger partial charge in [-0.2, -0.15) is 0 Å². The van der Waals surface area contributed by atoms with Gasteiger partial charge in [0.15, 0.2) is 0 Å². The Morgan fingerprint density at radius 2 is 1.90 bits per heavy atom. The van der Waals surface area contributed by atoms with Gasteiger partial charge in [0.05, 0.1) is 6.42 Å². The maximum absolute atomic E-state index is 11.8. The molecule has 0 fully saturated rings. The molecule has 0 aliphatic rings. The highest BCUT2D eigenvalue weighted by atomic mass is 16.4. The van der Waals surface area contributed by atoms with Crippen LogP contribution in [0.15, 0.2) is 33.5 Å². The van der Waals surface area contributed by atoms with Crippen LogP contribution in [0.25, 0.3) is 11.0 Å². The highest BCUT2D eigenvalue weighted by Crippen LogP contribution is 2.23. The first-order valence-electron chi connectivity index (χ1n) is 7.36. The summed E-state index contributed by atoms with van der Waals surface area (Å²) in [6.07, 6.45) is 2.77. The molecule has 0 saturated heterocycles. The molecule has 0 saturated carbocycles. The van der Waals surface area contributed by atoms with Gasteiger partial charge in [0.2, 0.25) is 0 Å². The molecule has 0 N–H and O–H groups in total. The van der Waals surface area contributed by atoms with Crippen molar-refractivity contribution in [2.75, 3.05) is 32.1 Å². The lowest BCUT2D eigenvalue weighted by atomic mass is 10.1. The molecule has 0 atom stereocenters.